The van der Waals surface area contributed by atoms with Gasteiger partial charge in [0, 0.05) is 32.3 Å². The predicted octanol–water partition coefficient (Wildman–Crippen LogP) is 1.87. The molecule has 0 heterocycles. The monoisotopic (exact) mass is 372 g/mol. The Morgan fingerprint density at radius 2 is 1.76 bits per heavy atom. The fourth-order valence-electron chi connectivity index (χ4n) is 2.44. The Kier molecular flexibility index (Phi) is 10.2. The third-order valence-corrected chi connectivity index (χ3v) is 5.24. The van der Waals surface area contributed by atoms with Gasteiger partial charge < -0.3 is 9.47 Å². The number of sulfonamides is 1. The largest absolute Gasteiger partial charge is 0.382 e. The van der Waals surface area contributed by atoms with Crippen LogP contribution in [0.15, 0.2) is 30.3 Å². The van der Waals surface area contributed by atoms with E-state index in [2.05, 4.69) is 35.6 Å². The molecule has 0 spiro atoms. The predicted molar refractivity (Wildman–Crippen MR) is 101 cm³/mol. The van der Waals surface area contributed by atoms with E-state index in [1.165, 1.54) is 5.56 Å². The summed E-state index contributed by atoms with van der Waals surface area (Å²) < 4.78 is 37.1. The zero-order valence-electron chi connectivity index (χ0n) is 15.8. The molecule has 6 nitrogen and oxygen atoms in total. The molecule has 1 N–H and O–H groups in total. The molecular formula is C18H32N2O4S. The molecule has 0 saturated carbocycles. The zero-order valence-corrected chi connectivity index (χ0v) is 16.6. The molecule has 144 valence electrons. The normalized spacial score (nSPS) is 13.5. The summed E-state index contributed by atoms with van der Waals surface area (Å²) in [6.45, 7) is 8.61. The highest BCUT2D eigenvalue weighted by Gasteiger charge is 2.19. The van der Waals surface area contributed by atoms with E-state index in [-0.39, 0.29) is 18.4 Å². The van der Waals surface area contributed by atoms with Gasteiger partial charge in [-0.05, 0) is 26.3 Å². The van der Waals surface area contributed by atoms with Crippen LogP contribution in [0.1, 0.15) is 26.3 Å². The van der Waals surface area contributed by atoms with Gasteiger partial charge in [0.2, 0.25) is 10.0 Å². The molecule has 0 amide bonds. The highest BCUT2D eigenvalue weighted by molar-refractivity contribution is 7.89. The number of methoxy groups -OCH3 is 1. The lowest BCUT2D eigenvalue weighted by Crippen LogP contribution is -2.45. The van der Waals surface area contributed by atoms with E-state index in [9.17, 15) is 8.42 Å². The van der Waals surface area contributed by atoms with E-state index in [0.717, 1.165) is 6.54 Å². The molecule has 1 aromatic rings. The van der Waals surface area contributed by atoms with Crippen molar-refractivity contribution >= 4 is 10.0 Å². The van der Waals surface area contributed by atoms with Crippen LogP contribution in [0.5, 0.6) is 0 Å². The van der Waals surface area contributed by atoms with Crippen molar-refractivity contribution in [2.45, 2.75) is 39.4 Å². The van der Waals surface area contributed by atoms with Gasteiger partial charge in [0.25, 0.3) is 0 Å². The minimum atomic E-state index is -3.35. The number of hydrogen-bond acceptors (Lipinski definition) is 5. The van der Waals surface area contributed by atoms with Gasteiger partial charge >= 0.3 is 0 Å². The van der Waals surface area contributed by atoms with Crippen molar-refractivity contribution in [3.8, 4) is 0 Å². The first-order chi connectivity index (χ1) is 11.8. The Bertz CT molecular complexity index is 564. The van der Waals surface area contributed by atoms with E-state index in [4.69, 9.17) is 9.47 Å². The lowest BCUT2D eigenvalue weighted by Gasteiger charge is -2.29. The molecule has 0 fully saturated rings. The van der Waals surface area contributed by atoms with Gasteiger partial charge in [0.05, 0.1) is 25.6 Å². The van der Waals surface area contributed by atoms with E-state index in [1.54, 1.807) is 7.11 Å². The topological polar surface area (TPSA) is 67.9 Å². The molecule has 0 aliphatic heterocycles. The van der Waals surface area contributed by atoms with Crippen LogP contribution in [0.3, 0.4) is 0 Å². The zero-order chi connectivity index (χ0) is 18.7. The molecule has 1 atom stereocenters. The Balaban J connectivity index is 2.46. The van der Waals surface area contributed by atoms with Crippen LogP contribution in [-0.2, 0) is 26.0 Å². The Morgan fingerprint density at radius 3 is 2.36 bits per heavy atom. The number of ether oxygens (including phenoxy) is 2. The molecule has 1 unspecified atom stereocenters. The second-order valence-corrected chi connectivity index (χ2v) is 8.33. The van der Waals surface area contributed by atoms with Gasteiger partial charge in [-0.3, -0.25) is 4.90 Å². The lowest BCUT2D eigenvalue weighted by molar-refractivity contribution is 0.0784. The van der Waals surface area contributed by atoms with Crippen molar-refractivity contribution < 1.29 is 17.9 Å². The molecule has 0 radical (unpaired) electrons. The minimum absolute atomic E-state index is 0.0403. The highest BCUT2D eigenvalue weighted by Crippen LogP contribution is 2.09. The standard InChI is InChI=1S/C18H32N2O4S/c1-16(2)20(15-18-8-6-5-7-9-18)14-17(3)19-25(21,22)13-12-24-11-10-23-4/h5-9,16-17,19H,10-15H2,1-4H3. The second kappa shape index (κ2) is 11.6. The number of rotatable bonds is 13. The number of hydrogen-bond donors (Lipinski definition) is 1. The maximum absolute atomic E-state index is 12.1. The Hall–Kier alpha value is -0.990. The van der Waals surface area contributed by atoms with Gasteiger partial charge in [-0.1, -0.05) is 30.3 Å². The van der Waals surface area contributed by atoms with E-state index in [0.29, 0.717) is 25.8 Å². The quantitative estimate of drug-likeness (QED) is 0.536. The van der Waals surface area contributed by atoms with E-state index < -0.39 is 10.0 Å². The van der Waals surface area contributed by atoms with Gasteiger partial charge in [-0.15, -0.1) is 0 Å². The summed E-state index contributed by atoms with van der Waals surface area (Å²) >= 11 is 0. The van der Waals surface area contributed by atoms with Crippen molar-refractivity contribution in [2.75, 3.05) is 39.2 Å². The van der Waals surface area contributed by atoms with E-state index in [1.807, 2.05) is 25.1 Å². The first-order valence-corrected chi connectivity index (χ1v) is 10.3. The SMILES string of the molecule is COCCOCCS(=O)(=O)NC(C)CN(Cc1ccccc1)C(C)C. The summed E-state index contributed by atoms with van der Waals surface area (Å²) in [7, 11) is -1.77. The molecule has 1 rings (SSSR count). The molecule has 0 aliphatic rings. The first kappa shape index (κ1) is 22.1. The third kappa shape index (κ3) is 9.91. The van der Waals surface area contributed by atoms with Gasteiger partial charge in [0.1, 0.15) is 0 Å². The smallest absolute Gasteiger partial charge is 0.214 e. The summed E-state index contributed by atoms with van der Waals surface area (Å²) in [5, 5.41) is 0. The van der Waals surface area contributed by atoms with Crippen LogP contribution in [0.4, 0.5) is 0 Å². The molecule has 0 saturated heterocycles. The summed E-state index contributed by atoms with van der Waals surface area (Å²) in [5.41, 5.74) is 1.22. The van der Waals surface area contributed by atoms with Gasteiger partial charge in [-0.25, -0.2) is 13.1 Å². The summed E-state index contributed by atoms with van der Waals surface area (Å²) in [4.78, 5) is 2.26. The van der Waals surface area contributed by atoms with Crippen molar-refractivity contribution in [1.29, 1.82) is 0 Å². The average molecular weight is 373 g/mol. The number of nitrogens with zero attached hydrogens (tertiary/aromatic N) is 1. The lowest BCUT2D eigenvalue weighted by atomic mass is 10.1. The Labute approximate surface area is 152 Å². The van der Waals surface area contributed by atoms with Crippen molar-refractivity contribution in [3.05, 3.63) is 35.9 Å². The summed E-state index contributed by atoms with van der Waals surface area (Å²) in [6, 6.07) is 10.4. The van der Waals surface area contributed by atoms with Crippen molar-refractivity contribution in [1.82, 2.24) is 9.62 Å². The van der Waals surface area contributed by atoms with Crippen LogP contribution in [0.2, 0.25) is 0 Å². The molecule has 25 heavy (non-hydrogen) atoms. The highest BCUT2D eigenvalue weighted by atomic mass is 32.2. The van der Waals surface area contributed by atoms with E-state index >= 15 is 0 Å². The summed E-state index contributed by atoms with van der Waals surface area (Å²) in [6.07, 6.45) is 0. The number of nitrogens with one attached hydrogen (secondary N) is 1. The minimum Gasteiger partial charge on any atom is -0.382 e. The fourth-order valence-corrected chi connectivity index (χ4v) is 3.59. The van der Waals surface area contributed by atoms with Crippen molar-refractivity contribution in [3.63, 3.8) is 0 Å². The number of benzene rings is 1. The maximum Gasteiger partial charge on any atom is 0.214 e. The van der Waals surface area contributed by atoms with Crippen LogP contribution in [0, 0.1) is 0 Å². The Morgan fingerprint density at radius 1 is 1.08 bits per heavy atom. The van der Waals surface area contributed by atoms with Gasteiger partial charge in [0.15, 0.2) is 0 Å². The maximum atomic E-state index is 12.1. The molecule has 7 heteroatoms. The molecule has 0 bridgehead atoms. The van der Waals surface area contributed by atoms with Crippen molar-refractivity contribution in [2.24, 2.45) is 0 Å². The first-order valence-electron chi connectivity index (χ1n) is 8.68. The third-order valence-electron chi connectivity index (χ3n) is 3.78. The second-order valence-electron chi connectivity index (χ2n) is 6.45. The molecule has 1 aromatic carbocycles. The summed E-state index contributed by atoms with van der Waals surface area (Å²) in [5.74, 6) is -0.0403. The molecule has 0 aromatic heterocycles. The molecular weight excluding hydrogens is 340 g/mol. The average Bonchev–Trinajstić information content (AvgIpc) is 2.54. The fraction of sp³-hybridized carbons (Fsp3) is 0.667. The molecule has 0 aliphatic carbocycles. The van der Waals surface area contributed by atoms with Crippen LogP contribution in [0.25, 0.3) is 0 Å². The van der Waals surface area contributed by atoms with Crippen LogP contribution in [-0.4, -0.2) is 64.6 Å². The van der Waals surface area contributed by atoms with Gasteiger partial charge in [-0.2, -0.15) is 0 Å². The van der Waals surface area contributed by atoms with Crippen LogP contribution < -0.4 is 4.72 Å². The van der Waals surface area contributed by atoms with Crippen LogP contribution >= 0.6 is 0 Å².